The third-order valence-corrected chi connectivity index (χ3v) is 2.48. The van der Waals surface area contributed by atoms with Crippen LogP contribution in [0.5, 0.6) is 0 Å². The number of hydrogen-bond acceptors (Lipinski definition) is 3. The van der Waals surface area contributed by atoms with Crippen LogP contribution in [0.25, 0.3) is 0 Å². The molecule has 0 aliphatic heterocycles. The number of rotatable bonds is 5. The lowest BCUT2D eigenvalue weighted by atomic mass is 10.2. The Morgan fingerprint density at radius 1 is 1.31 bits per heavy atom. The van der Waals surface area contributed by atoms with E-state index in [1.807, 2.05) is 6.92 Å². The minimum absolute atomic E-state index is 0.0727. The summed E-state index contributed by atoms with van der Waals surface area (Å²) in [5.41, 5.74) is 0.720. The average Bonchev–Trinajstić information content (AvgIpc) is 2.25. The van der Waals surface area contributed by atoms with Crippen LogP contribution in [0.4, 0.5) is 10.1 Å². The Morgan fingerprint density at radius 3 is 2.44 bits per heavy atom. The van der Waals surface area contributed by atoms with Gasteiger partial charge in [-0.1, -0.05) is 11.6 Å². The van der Waals surface area contributed by atoms with Gasteiger partial charge in [0.25, 0.3) is 0 Å². The summed E-state index contributed by atoms with van der Waals surface area (Å²) in [5.74, 6) is -0.435. The molecule has 1 aromatic carbocycles. The van der Waals surface area contributed by atoms with Gasteiger partial charge >= 0.3 is 0 Å². The third kappa shape index (κ3) is 3.33. The first kappa shape index (κ1) is 13.2. The molecule has 0 saturated heterocycles. The maximum absolute atomic E-state index is 12.9. The van der Waals surface area contributed by atoms with Crippen LogP contribution in [0.2, 0.25) is 5.02 Å². The molecule has 0 bridgehead atoms. The first-order valence-corrected chi connectivity index (χ1v) is 5.23. The summed E-state index contributed by atoms with van der Waals surface area (Å²) in [7, 11) is 3.12. The van der Waals surface area contributed by atoms with Gasteiger partial charge in [0.1, 0.15) is 5.82 Å². The molecule has 3 nitrogen and oxygen atoms in total. The Kier molecular flexibility index (Phi) is 4.99. The predicted octanol–water partition coefficient (Wildman–Crippen LogP) is 2.90. The number of ether oxygens (including phenoxy) is 2. The maximum Gasteiger partial charge on any atom is 0.176 e. The first-order chi connectivity index (χ1) is 7.58. The smallest absolute Gasteiger partial charge is 0.176 e. The Bertz CT molecular complexity index is 345. The summed E-state index contributed by atoms with van der Waals surface area (Å²) in [4.78, 5) is 0. The minimum atomic E-state index is -0.435. The molecule has 0 amide bonds. The molecular weight excluding hydrogens is 233 g/mol. The molecule has 16 heavy (non-hydrogen) atoms. The Labute approximate surface area is 99.5 Å². The van der Waals surface area contributed by atoms with E-state index in [4.69, 9.17) is 21.1 Å². The van der Waals surface area contributed by atoms with Gasteiger partial charge in [-0.3, -0.25) is 0 Å². The highest BCUT2D eigenvalue weighted by Crippen LogP contribution is 2.20. The zero-order valence-corrected chi connectivity index (χ0v) is 10.2. The number of methoxy groups -OCH3 is 2. The van der Waals surface area contributed by atoms with E-state index in [1.54, 1.807) is 20.3 Å². The normalized spacial score (nSPS) is 12.9. The number of halogens is 2. The van der Waals surface area contributed by atoms with Crippen molar-refractivity contribution in [3.8, 4) is 0 Å². The number of hydrogen-bond donors (Lipinski definition) is 1. The van der Waals surface area contributed by atoms with Crippen molar-refractivity contribution in [1.29, 1.82) is 0 Å². The fraction of sp³-hybridized carbons (Fsp3) is 0.455. The molecule has 90 valence electrons. The van der Waals surface area contributed by atoms with E-state index < -0.39 is 5.82 Å². The average molecular weight is 248 g/mol. The van der Waals surface area contributed by atoms with E-state index in [-0.39, 0.29) is 17.4 Å². The third-order valence-electron chi connectivity index (χ3n) is 2.19. The van der Waals surface area contributed by atoms with Gasteiger partial charge < -0.3 is 14.8 Å². The quantitative estimate of drug-likeness (QED) is 0.812. The second-order valence-electron chi connectivity index (χ2n) is 3.40. The molecule has 1 N–H and O–H groups in total. The Hall–Kier alpha value is -0.840. The lowest BCUT2D eigenvalue weighted by Crippen LogP contribution is -2.33. The van der Waals surface area contributed by atoms with Gasteiger partial charge in [-0.25, -0.2) is 4.39 Å². The van der Waals surface area contributed by atoms with Crippen LogP contribution in [-0.4, -0.2) is 26.6 Å². The Balaban J connectivity index is 2.69. The number of nitrogens with one attached hydrogen (secondary N) is 1. The molecule has 1 atom stereocenters. The van der Waals surface area contributed by atoms with Gasteiger partial charge in [0.05, 0.1) is 11.1 Å². The lowest BCUT2D eigenvalue weighted by molar-refractivity contribution is -0.109. The van der Waals surface area contributed by atoms with E-state index >= 15 is 0 Å². The standard InChI is InChI=1S/C11H15ClFNO2/c1-7(11(15-2)16-3)14-8-4-5-10(13)9(12)6-8/h4-7,11,14H,1-3H3. The molecule has 0 heterocycles. The predicted molar refractivity (Wildman–Crippen MR) is 62.3 cm³/mol. The molecule has 1 aromatic rings. The summed E-state index contributed by atoms with van der Waals surface area (Å²) in [5, 5.41) is 3.20. The topological polar surface area (TPSA) is 30.5 Å². The van der Waals surface area contributed by atoms with Crippen LogP contribution < -0.4 is 5.32 Å². The van der Waals surface area contributed by atoms with E-state index in [0.717, 1.165) is 5.69 Å². The summed E-state index contributed by atoms with van der Waals surface area (Å²) < 4.78 is 23.1. The van der Waals surface area contributed by atoms with E-state index in [2.05, 4.69) is 5.32 Å². The fourth-order valence-electron chi connectivity index (χ4n) is 1.42. The summed E-state index contributed by atoms with van der Waals surface area (Å²) >= 11 is 5.67. The highest BCUT2D eigenvalue weighted by molar-refractivity contribution is 6.31. The molecule has 1 unspecified atom stereocenters. The second-order valence-corrected chi connectivity index (χ2v) is 3.81. The summed E-state index contributed by atoms with van der Waals surface area (Å²) in [6.45, 7) is 1.90. The van der Waals surface area contributed by atoms with Crippen LogP contribution >= 0.6 is 11.6 Å². The first-order valence-electron chi connectivity index (χ1n) is 4.85. The number of anilines is 1. The summed E-state index contributed by atoms with van der Waals surface area (Å²) in [6, 6.07) is 4.37. The van der Waals surface area contributed by atoms with Gasteiger partial charge in [0.2, 0.25) is 0 Å². The van der Waals surface area contributed by atoms with Crippen molar-refractivity contribution in [3.05, 3.63) is 29.0 Å². The van der Waals surface area contributed by atoms with E-state index in [0.29, 0.717) is 0 Å². The maximum atomic E-state index is 12.9. The molecule has 5 heteroatoms. The van der Waals surface area contributed by atoms with Crippen molar-refractivity contribution in [2.75, 3.05) is 19.5 Å². The van der Waals surface area contributed by atoms with Crippen molar-refractivity contribution in [2.24, 2.45) is 0 Å². The van der Waals surface area contributed by atoms with Crippen molar-refractivity contribution in [1.82, 2.24) is 0 Å². The largest absolute Gasteiger partial charge is 0.377 e. The van der Waals surface area contributed by atoms with Crippen molar-refractivity contribution < 1.29 is 13.9 Å². The van der Waals surface area contributed by atoms with Gasteiger partial charge in [0.15, 0.2) is 6.29 Å². The number of benzene rings is 1. The van der Waals surface area contributed by atoms with Crippen molar-refractivity contribution >= 4 is 17.3 Å². The van der Waals surface area contributed by atoms with E-state index in [9.17, 15) is 4.39 Å². The zero-order valence-electron chi connectivity index (χ0n) is 9.46. The monoisotopic (exact) mass is 247 g/mol. The molecule has 0 fully saturated rings. The fourth-order valence-corrected chi connectivity index (χ4v) is 1.60. The molecular formula is C11H15ClFNO2. The molecule has 1 rings (SSSR count). The van der Waals surface area contributed by atoms with Crippen molar-refractivity contribution in [2.45, 2.75) is 19.3 Å². The van der Waals surface area contributed by atoms with Gasteiger partial charge in [0, 0.05) is 19.9 Å². The van der Waals surface area contributed by atoms with Gasteiger partial charge in [-0.05, 0) is 25.1 Å². The van der Waals surface area contributed by atoms with E-state index in [1.165, 1.54) is 12.1 Å². The molecule has 0 spiro atoms. The van der Waals surface area contributed by atoms with Gasteiger partial charge in [-0.15, -0.1) is 0 Å². The van der Waals surface area contributed by atoms with Crippen molar-refractivity contribution in [3.63, 3.8) is 0 Å². The second kappa shape index (κ2) is 6.03. The van der Waals surface area contributed by atoms with Crippen LogP contribution in [0.3, 0.4) is 0 Å². The molecule has 0 aliphatic carbocycles. The molecule has 0 aliphatic rings. The Morgan fingerprint density at radius 2 is 1.94 bits per heavy atom. The lowest BCUT2D eigenvalue weighted by Gasteiger charge is -2.23. The zero-order chi connectivity index (χ0) is 12.1. The highest BCUT2D eigenvalue weighted by atomic mass is 35.5. The molecule has 0 radical (unpaired) electrons. The van der Waals surface area contributed by atoms with Crippen LogP contribution in [0.1, 0.15) is 6.92 Å². The minimum Gasteiger partial charge on any atom is -0.377 e. The van der Waals surface area contributed by atoms with Crippen LogP contribution in [0, 0.1) is 5.82 Å². The van der Waals surface area contributed by atoms with Crippen LogP contribution in [0.15, 0.2) is 18.2 Å². The van der Waals surface area contributed by atoms with Crippen LogP contribution in [-0.2, 0) is 9.47 Å². The molecule has 0 saturated carbocycles. The highest BCUT2D eigenvalue weighted by Gasteiger charge is 2.15. The van der Waals surface area contributed by atoms with Gasteiger partial charge in [-0.2, -0.15) is 0 Å². The summed E-state index contributed by atoms with van der Waals surface area (Å²) in [6.07, 6.45) is -0.371. The molecule has 0 aromatic heterocycles. The SMILES string of the molecule is COC(OC)C(C)Nc1ccc(F)c(Cl)c1.